The van der Waals surface area contributed by atoms with Crippen molar-refractivity contribution in [2.24, 2.45) is 93.7 Å². The third kappa shape index (κ3) is 8.87. The Morgan fingerprint density at radius 2 is 1.09 bits per heavy atom. The van der Waals surface area contributed by atoms with Gasteiger partial charge in [0.25, 0.3) is 0 Å². The number of aliphatic hydroxyl groups excluding tert-OH is 7. The van der Waals surface area contributed by atoms with Gasteiger partial charge in [-0.15, -0.1) is 0 Å². The number of ether oxygens (including phenoxy) is 7. The van der Waals surface area contributed by atoms with E-state index in [2.05, 4.69) is 6.92 Å². The van der Waals surface area contributed by atoms with Crippen molar-refractivity contribution in [3.63, 3.8) is 0 Å². The van der Waals surface area contributed by atoms with E-state index >= 15 is 0 Å². The molecular formula is C58H80O21. The second-order valence-corrected chi connectivity index (χ2v) is 28.0. The van der Waals surface area contributed by atoms with Gasteiger partial charge in [-0.1, -0.05) is 13.8 Å². The molecule has 7 saturated heterocycles. The van der Waals surface area contributed by atoms with E-state index in [4.69, 9.17) is 33.2 Å². The van der Waals surface area contributed by atoms with Crippen molar-refractivity contribution in [1.29, 1.82) is 0 Å². The molecule has 0 radical (unpaired) electrons. The summed E-state index contributed by atoms with van der Waals surface area (Å²) in [6.45, 7) is 9.69. The molecule has 7 N–H and O–H groups in total. The highest BCUT2D eigenvalue weighted by atomic mass is 16.6. The molecule has 0 aromatic rings. The predicted molar refractivity (Wildman–Crippen MR) is 265 cm³/mol. The van der Waals surface area contributed by atoms with E-state index in [-0.39, 0.29) is 137 Å². The van der Waals surface area contributed by atoms with Crippen LogP contribution in [0.3, 0.4) is 0 Å². The van der Waals surface area contributed by atoms with Gasteiger partial charge >= 0.3 is 41.8 Å². The second-order valence-electron chi connectivity index (χ2n) is 28.0. The number of hydrogen-bond acceptors (Lipinski definition) is 21. The zero-order valence-corrected chi connectivity index (χ0v) is 45.7. The summed E-state index contributed by atoms with van der Waals surface area (Å²) in [6.07, 6.45) is 9.51. The van der Waals surface area contributed by atoms with E-state index < -0.39 is 41.7 Å². The Morgan fingerprint density at radius 1 is 0.443 bits per heavy atom. The maximum absolute atomic E-state index is 11.4. The van der Waals surface area contributed by atoms with Crippen LogP contribution in [-0.4, -0.2) is 162 Å². The van der Waals surface area contributed by atoms with Crippen molar-refractivity contribution in [2.75, 3.05) is 0 Å². The molecule has 79 heavy (non-hydrogen) atoms. The van der Waals surface area contributed by atoms with Gasteiger partial charge in [0.15, 0.2) is 0 Å². The van der Waals surface area contributed by atoms with E-state index in [0.717, 1.165) is 89.9 Å². The number of rotatable bonds is 0. The van der Waals surface area contributed by atoms with Crippen LogP contribution >= 0.6 is 0 Å². The fraction of sp³-hybridized carbons (Fsp3) is 0.879. The Hall–Kier alpha value is -3.99. The highest BCUT2D eigenvalue weighted by molar-refractivity contribution is 5.81. The first-order valence-corrected chi connectivity index (χ1v) is 29.5. The third-order valence-corrected chi connectivity index (χ3v) is 23.2. The summed E-state index contributed by atoms with van der Waals surface area (Å²) in [4.78, 5) is 78.0. The van der Waals surface area contributed by atoms with Crippen molar-refractivity contribution in [3.8, 4) is 0 Å². The van der Waals surface area contributed by atoms with Gasteiger partial charge in [-0.25, -0.2) is 0 Å². The molecule has 11 aliphatic carbocycles. The van der Waals surface area contributed by atoms with Crippen LogP contribution < -0.4 is 0 Å². The van der Waals surface area contributed by atoms with E-state index in [1.54, 1.807) is 0 Å². The van der Waals surface area contributed by atoms with Gasteiger partial charge in [-0.2, -0.15) is 0 Å². The van der Waals surface area contributed by atoms with Crippen LogP contribution in [0.2, 0.25) is 0 Å². The van der Waals surface area contributed by atoms with Gasteiger partial charge in [0.05, 0.1) is 83.7 Å². The first-order chi connectivity index (χ1) is 37.2. The van der Waals surface area contributed by atoms with E-state index in [1.807, 2.05) is 27.7 Å². The minimum absolute atomic E-state index is 0.0356. The van der Waals surface area contributed by atoms with Crippen LogP contribution in [-0.2, 0) is 66.7 Å². The van der Waals surface area contributed by atoms with Crippen molar-refractivity contribution in [3.05, 3.63) is 0 Å². The van der Waals surface area contributed by atoms with E-state index in [9.17, 15) is 69.3 Å². The van der Waals surface area contributed by atoms with Crippen LogP contribution in [0, 0.1) is 93.7 Å². The highest BCUT2D eigenvalue weighted by Gasteiger charge is 2.70. The molecule has 11 saturated carbocycles. The van der Waals surface area contributed by atoms with Crippen molar-refractivity contribution >= 4 is 41.8 Å². The summed E-state index contributed by atoms with van der Waals surface area (Å²) in [5.41, 5.74) is -1.40. The number of carbonyl (C=O) groups is 7. The average molecular weight is 1110 g/mol. The molecule has 18 fully saturated rings. The van der Waals surface area contributed by atoms with E-state index in [0.29, 0.717) is 54.3 Å². The molecule has 438 valence electrons. The molecule has 7 heterocycles. The first kappa shape index (κ1) is 55.5. The zero-order chi connectivity index (χ0) is 56.3. The molecule has 21 heteroatoms. The van der Waals surface area contributed by atoms with Crippen LogP contribution in [0.4, 0.5) is 0 Å². The van der Waals surface area contributed by atoms with Crippen LogP contribution in [0.15, 0.2) is 0 Å². The first-order valence-electron chi connectivity index (χ1n) is 29.5. The Bertz CT molecular complexity index is 2500. The van der Waals surface area contributed by atoms with Crippen molar-refractivity contribution in [2.45, 2.75) is 222 Å². The van der Waals surface area contributed by atoms with Crippen LogP contribution in [0.25, 0.3) is 0 Å². The summed E-state index contributed by atoms with van der Waals surface area (Å²) in [5.74, 6) is 2.34. The monoisotopic (exact) mass is 1110 g/mol. The molecule has 18 rings (SSSR count). The maximum Gasteiger partial charge on any atom is 0.312 e. The number of hydrogen-bond donors (Lipinski definition) is 7. The quantitative estimate of drug-likeness (QED) is 0.134. The third-order valence-electron chi connectivity index (χ3n) is 23.2. The standard InChI is InChI=1S/3C9H12O3.C8H10O3.2C8H12O3.C7H10O3/c1-9-2-4-5(3-9)8(11)12-6(4)7(9)10;1-9-3-4-2-5(9)7(6(4)10)12-8(9)11;1-9-6-3-4(7(9)10)2-5(6)8(11)12-9;9-6-3-1-4-5(2-3)8(10)11-7(4)6;1-4-2-5-3-6(7(4)9)11-8(5)10;1-8-4-5(7(10)11-8)2-3-6(8)9;8-5-2-1-4-3-6(5)10-7(4)9/h3*4-7,10H,2-3H2,1H3;3-7,9H,1-2H2;4-7,9H,2-3H2,1H3;5-6,9H,2-4H2,1H3;4-6,8H,1-3H2. The van der Waals surface area contributed by atoms with Crippen molar-refractivity contribution < 1.29 is 102 Å². The molecule has 14 bridgehead atoms. The number of carbonyl (C=O) groups excluding carboxylic acids is 7. The summed E-state index contributed by atoms with van der Waals surface area (Å²) in [6, 6.07) is 0. The number of esters is 7. The average Bonchev–Trinajstić information content (AvgIpc) is 3.49. The summed E-state index contributed by atoms with van der Waals surface area (Å²) < 4.78 is 35.6. The van der Waals surface area contributed by atoms with Gasteiger partial charge in [0.2, 0.25) is 0 Å². The molecule has 21 nitrogen and oxygen atoms in total. The Kier molecular flexibility index (Phi) is 13.8. The largest absolute Gasteiger partial charge is 0.459 e. The summed E-state index contributed by atoms with van der Waals surface area (Å²) in [7, 11) is 0. The lowest BCUT2D eigenvalue weighted by atomic mass is 9.75. The molecule has 0 spiro atoms. The molecule has 30 atom stereocenters. The lowest BCUT2D eigenvalue weighted by Gasteiger charge is -2.31. The van der Waals surface area contributed by atoms with Crippen molar-refractivity contribution in [1.82, 2.24) is 0 Å². The smallest absolute Gasteiger partial charge is 0.312 e. The topological polar surface area (TPSA) is 326 Å². The molecule has 0 aromatic heterocycles. The van der Waals surface area contributed by atoms with Gasteiger partial charge in [-0.05, 0) is 133 Å². The molecule has 7 aliphatic heterocycles. The lowest BCUT2D eigenvalue weighted by molar-refractivity contribution is -0.156. The molecular weight excluding hydrogens is 1030 g/mol. The maximum atomic E-state index is 11.4. The highest BCUT2D eigenvalue weighted by Crippen LogP contribution is 2.63. The normalized spacial score (nSPS) is 55.4. The number of aliphatic hydroxyl groups is 7. The Labute approximate surface area is 458 Å². The SMILES string of the molecule is CC12CC(CCC1O)C(=O)O2.CC12CC3C(=O)OC(C3C1)C2O.CC12CC3CC1C(OC2=O)C3O.CC12OC(=O)C3CC(CC31)C2O.CC1CC2CC(OC2=O)C1O.O=C1OC2C(O)C3CC1C2C3.O=C1OC2CC1CCC2O. The van der Waals surface area contributed by atoms with Gasteiger partial charge in [0, 0.05) is 42.9 Å². The zero-order valence-electron chi connectivity index (χ0n) is 45.7. The minimum atomic E-state index is -0.569. The van der Waals surface area contributed by atoms with Crippen LogP contribution in [0.1, 0.15) is 137 Å². The molecule has 0 amide bonds. The Morgan fingerprint density at radius 3 is 1.72 bits per heavy atom. The lowest BCUT2D eigenvalue weighted by Crippen LogP contribution is -2.43. The fourth-order valence-corrected chi connectivity index (χ4v) is 18.6. The van der Waals surface area contributed by atoms with Crippen LogP contribution in [0.5, 0.6) is 0 Å². The molecule has 30 unspecified atom stereocenters. The van der Waals surface area contributed by atoms with Gasteiger partial charge in [-0.3, -0.25) is 33.6 Å². The Balaban J connectivity index is 0.0000000921. The predicted octanol–water partition coefficient (Wildman–Crippen LogP) is 1.74. The minimum Gasteiger partial charge on any atom is -0.459 e. The van der Waals surface area contributed by atoms with Gasteiger partial charge < -0.3 is 68.9 Å². The van der Waals surface area contributed by atoms with Gasteiger partial charge in [0.1, 0.15) is 41.7 Å². The second kappa shape index (κ2) is 19.6. The number of fused-ring (bicyclic) bond motifs is 10. The van der Waals surface area contributed by atoms with E-state index in [1.165, 1.54) is 0 Å². The molecule has 18 aliphatic rings. The fourth-order valence-electron chi connectivity index (χ4n) is 18.6. The summed E-state index contributed by atoms with van der Waals surface area (Å²) >= 11 is 0. The summed E-state index contributed by atoms with van der Waals surface area (Å²) in [5, 5.41) is 67.1. The molecule has 0 aromatic carbocycles.